The summed E-state index contributed by atoms with van der Waals surface area (Å²) in [6.45, 7) is 4.68. The van der Waals surface area contributed by atoms with Crippen LogP contribution in [0, 0.1) is 6.92 Å². The molecule has 0 atom stereocenters. The molecule has 2 aromatic carbocycles. The molecule has 1 aliphatic rings. The largest absolute Gasteiger partial charge is 0.493 e. The smallest absolute Gasteiger partial charge is 0.363 e. The number of carbonyl (C=O) groups excluding carboxylic acids is 1. The van der Waals surface area contributed by atoms with E-state index in [1.807, 2.05) is 62.4 Å². The lowest BCUT2D eigenvalue weighted by Gasteiger charge is -2.07. The Balaban J connectivity index is 1.90. The van der Waals surface area contributed by atoms with Crippen molar-refractivity contribution >= 4 is 17.9 Å². The Kier molecular flexibility index (Phi) is 4.75. The number of cyclic esters (lactones) is 1. The van der Waals surface area contributed by atoms with Gasteiger partial charge >= 0.3 is 5.97 Å². The van der Waals surface area contributed by atoms with E-state index in [1.54, 1.807) is 6.08 Å². The molecule has 0 aromatic heterocycles. The first-order valence-electron chi connectivity index (χ1n) is 7.99. The predicted octanol–water partition coefficient (Wildman–Crippen LogP) is 4.13. The highest BCUT2D eigenvalue weighted by atomic mass is 16.6. The van der Waals surface area contributed by atoms with Crippen LogP contribution in [0.4, 0.5) is 0 Å². The fourth-order valence-corrected chi connectivity index (χ4v) is 2.32. The van der Waals surface area contributed by atoms with Crippen LogP contribution in [0.15, 0.2) is 59.2 Å². The highest BCUT2D eigenvalue weighted by Crippen LogP contribution is 2.25. The molecular weight excluding hydrogens is 302 g/mol. The SMILES string of the molecule is CCCOc1ccccc1/C=C1\N=C(c2ccc(C)cc2)OC1=O. The van der Waals surface area contributed by atoms with E-state index < -0.39 is 5.97 Å². The topological polar surface area (TPSA) is 47.9 Å². The van der Waals surface area contributed by atoms with E-state index in [0.29, 0.717) is 12.5 Å². The van der Waals surface area contributed by atoms with E-state index in [-0.39, 0.29) is 5.70 Å². The highest BCUT2D eigenvalue weighted by Gasteiger charge is 2.24. The van der Waals surface area contributed by atoms with Gasteiger partial charge in [0.2, 0.25) is 5.90 Å². The molecule has 0 aliphatic carbocycles. The van der Waals surface area contributed by atoms with Gasteiger partial charge in [-0.1, -0.05) is 42.8 Å². The maximum absolute atomic E-state index is 12.1. The fourth-order valence-electron chi connectivity index (χ4n) is 2.32. The van der Waals surface area contributed by atoms with Gasteiger partial charge in [-0.3, -0.25) is 0 Å². The summed E-state index contributed by atoms with van der Waals surface area (Å²) in [5, 5.41) is 0. The molecule has 0 fully saturated rings. The number of benzene rings is 2. The Morgan fingerprint density at radius 2 is 1.88 bits per heavy atom. The number of hydrogen-bond donors (Lipinski definition) is 0. The number of aryl methyl sites for hydroxylation is 1. The van der Waals surface area contributed by atoms with Crippen molar-refractivity contribution < 1.29 is 14.3 Å². The third kappa shape index (κ3) is 3.54. The van der Waals surface area contributed by atoms with Gasteiger partial charge in [-0.25, -0.2) is 9.79 Å². The van der Waals surface area contributed by atoms with Crippen molar-refractivity contribution in [3.05, 3.63) is 70.9 Å². The normalized spacial score (nSPS) is 15.3. The van der Waals surface area contributed by atoms with Crippen molar-refractivity contribution in [2.24, 2.45) is 4.99 Å². The van der Waals surface area contributed by atoms with Gasteiger partial charge in [0.15, 0.2) is 5.70 Å². The van der Waals surface area contributed by atoms with E-state index in [4.69, 9.17) is 9.47 Å². The van der Waals surface area contributed by atoms with E-state index >= 15 is 0 Å². The molecule has 1 aliphatic heterocycles. The standard InChI is InChI=1S/C20H19NO3/c1-3-12-23-18-7-5-4-6-16(18)13-17-20(22)24-19(21-17)15-10-8-14(2)9-11-15/h4-11,13H,3,12H2,1-2H3/b17-13-. The van der Waals surface area contributed by atoms with Gasteiger partial charge in [-0.05, 0) is 37.6 Å². The summed E-state index contributed by atoms with van der Waals surface area (Å²) in [6, 6.07) is 15.3. The molecule has 0 unspecified atom stereocenters. The summed E-state index contributed by atoms with van der Waals surface area (Å²) in [5.74, 6) is 0.618. The zero-order valence-electron chi connectivity index (χ0n) is 13.8. The Bertz CT molecular complexity index is 804. The number of carbonyl (C=O) groups is 1. The number of ether oxygens (including phenoxy) is 2. The second kappa shape index (κ2) is 7.13. The van der Waals surface area contributed by atoms with Gasteiger partial charge in [-0.2, -0.15) is 0 Å². The van der Waals surface area contributed by atoms with Crippen LogP contribution in [0.3, 0.4) is 0 Å². The number of para-hydroxylation sites is 1. The summed E-state index contributed by atoms with van der Waals surface area (Å²) >= 11 is 0. The number of hydrogen-bond acceptors (Lipinski definition) is 4. The van der Waals surface area contributed by atoms with E-state index in [2.05, 4.69) is 4.99 Å². The summed E-state index contributed by atoms with van der Waals surface area (Å²) in [6.07, 6.45) is 2.62. The van der Waals surface area contributed by atoms with E-state index in [1.165, 1.54) is 0 Å². The van der Waals surface area contributed by atoms with Gasteiger partial charge in [0.1, 0.15) is 5.75 Å². The molecule has 24 heavy (non-hydrogen) atoms. The van der Waals surface area contributed by atoms with Crippen molar-refractivity contribution in [1.29, 1.82) is 0 Å². The second-order valence-corrected chi connectivity index (χ2v) is 5.59. The molecule has 3 rings (SSSR count). The third-order valence-corrected chi connectivity index (χ3v) is 3.59. The lowest BCUT2D eigenvalue weighted by Crippen LogP contribution is -2.05. The van der Waals surface area contributed by atoms with Crippen molar-refractivity contribution in [2.45, 2.75) is 20.3 Å². The summed E-state index contributed by atoms with van der Waals surface area (Å²) in [5.41, 5.74) is 3.01. The molecular formula is C20H19NO3. The number of aliphatic imine (C=N–C) groups is 1. The molecule has 2 aromatic rings. The maximum atomic E-state index is 12.1. The molecule has 0 amide bonds. The Labute approximate surface area is 141 Å². The Hall–Kier alpha value is -2.88. The predicted molar refractivity (Wildman–Crippen MR) is 94.0 cm³/mol. The minimum Gasteiger partial charge on any atom is -0.493 e. The molecule has 0 saturated heterocycles. The van der Waals surface area contributed by atoms with Crippen molar-refractivity contribution in [3.8, 4) is 5.75 Å². The zero-order valence-corrected chi connectivity index (χ0v) is 13.8. The quantitative estimate of drug-likeness (QED) is 0.614. The van der Waals surface area contributed by atoms with Gasteiger partial charge in [-0.15, -0.1) is 0 Å². The summed E-state index contributed by atoms with van der Waals surface area (Å²) in [7, 11) is 0. The molecule has 4 nitrogen and oxygen atoms in total. The molecule has 0 spiro atoms. The average molecular weight is 321 g/mol. The minimum absolute atomic E-state index is 0.276. The van der Waals surface area contributed by atoms with Gasteiger partial charge in [0.05, 0.1) is 6.61 Å². The summed E-state index contributed by atoms with van der Waals surface area (Å²) in [4.78, 5) is 16.4. The van der Waals surface area contributed by atoms with Crippen LogP contribution in [0.1, 0.15) is 30.0 Å². The highest BCUT2D eigenvalue weighted by molar-refractivity contribution is 6.12. The van der Waals surface area contributed by atoms with Crippen LogP contribution in [0.2, 0.25) is 0 Å². The number of rotatable bonds is 5. The number of esters is 1. The lowest BCUT2D eigenvalue weighted by atomic mass is 10.1. The fraction of sp³-hybridized carbons (Fsp3) is 0.200. The van der Waals surface area contributed by atoms with E-state index in [9.17, 15) is 4.79 Å². The third-order valence-electron chi connectivity index (χ3n) is 3.59. The minimum atomic E-state index is -0.448. The van der Waals surface area contributed by atoms with Crippen LogP contribution in [-0.2, 0) is 9.53 Å². The average Bonchev–Trinajstić information content (AvgIpc) is 2.95. The van der Waals surface area contributed by atoms with Crippen molar-refractivity contribution in [2.75, 3.05) is 6.61 Å². The molecule has 122 valence electrons. The second-order valence-electron chi connectivity index (χ2n) is 5.59. The zero-order chi connectivity index (χ0) is 16.9. The van der Waals surface area contributed by atoms with Crippen molar-refractivity contribution in [3.63, 3.8) is 0 Å². The molecule has 0 bridgehead atoms. The first-order valence-corrected chi connectivity index (χ1v) is 7.99. The maximum Gasteiger partial charge on any atom is 0.363 e. The molecule has 0 saturated carbocycles. The molecule has 4 heteroatoms. The Morgan fingerprint density at radius 1 is 1.12 bits per heavy atom. The van der Waals surface area contributed by atoms with Crippen LogP contribution < -0.4 is 4.74 Å². The van der Waals surface area contributed by atoms with Gasteiger partial charge < -0.3 is 9.47 Å². The monoisotopic (exact) mass is 321 g/mol. The van der Waals surface area contributed by atoms with Crippen molar-refractivity contribution in [1.82, 2.24) is 0 Å². The van der Waals surface area contributed by atoms with Gasteiger partial charge in [0.25, 0.3) is 0 Å². The van der Waals surface area contributed by atoms with E-state index in [0.717, 1.165) is 28.9 Å². The summed E-state index contributed by atoms with van der Waals surface area (Å²) < 4.78 is 11.0. The molecule has 1 heterocycles. The number of nitrogens with zero attached hydrogens (tertiary/aromatic N) is 1. The van der Waals surface area contributed by atoms with Crippen LogP contribution in [-0.4, -0.2) is 18.5 Å². The first kappa shape index (κ1) is 16.0. The van der Waals surface area contributed by atoms with Gasteiger partial charge in [0, 0.05) is 11.1 Å². The molecule has 0 N–H and O–H groups in total. The first-order chi connectivity index (χ1) is 11.7. The lowest BCUT2D eigenvalue weighted by molar-refractivity contribution is -0.129. The van der Waals surface area contributed by atoms with Crippen LogP contribution >= 0.6 is 0 Å². The molecule has 0 radical (unpaired) electrons. The van der Waals surface area contributed by atoms with Crippen LogP contribution in [0.5, 0.6) is 5.75 Å². The Morgan fingerprint density at radius 3 is 2.62 bits per heavy atom. The van der Waals surface area contributed by atoms with Crippen LogP contribution in [0.25, 0.3) is 6.08 Å².